The summed E-state index contributed by atoms with van der Waals surface area (Å²) in [5.41, 5.74) is 0.913. The molecule has 0 saturated heterocycles. The van der Waals surface area contributed by atoms with Gasteiger partial charge in [-0.15, -0.1) is 0 Å². The van der Waals surface area contributed by atoms with E-state index in [1.54, 1.807) is 12.2 Å². The first-order chi connectivity index (χ1) is 8.29. The summed E-state index contributed by atoms with van der Waals surface area (Å²) in [6.45, 7) is -0.213. The van der Waals surface area contributed by atoms with Gasteiger partial charge in [0.15, 0.2) is 0 Å². The van der Waals surface area contributed by atoms with Crippen LogP contribution in [0.3, 0.4) is 0 Å². The lowest BCUT2D eigenvalue weighted by molar-refractivity contribution is -0.0629. The van der Waals surface area contributed by atoms with Crippen LogP contribution in [0.4, 0.5) is 0 Å². The Morgan fingerprint density at radius 3 is 2.65 bits per heavy atom. The van der Waals surface area contributed by atoms with Crippen molar-refractivity contribution in [2.24, 2.45) is 0 Å². The van der Waals surface area contributed by atoms with Crippen molar-refractivity contribution in [2.75, 3.05) is 6.61 Å². The minimum absolute atomic E-state index is 0.213. The van der Waals surface area contributed by atoms with Crippen LogP contribution in [-0.2, 0) is 4.74 Å². The fourth-order valence-corrected chi connectivity index (χ4v) is 1.56. The van der Waals surface area contributed by atoms with E-state index in [2.05, 4.69) is 11.8 Å². The number of aliphatic hydroxyl groups is 2. The molecule has 0 amide bonds. The summed E-state index contributed by atoms with van der Waals surface area (Å²) >= 11 is 0. The fraction of sp³-hybridized carbons (Fsp3) is 0.286. The van der Waals surface area contributed by atoms with Crippen LogP contribution in [0.2, 0.25) is 0 Å². The second kappa shape index (κ2) is 5.65. The van der Waals surface area contributed by atoms with E-state index in [1.807, 2.05) is 30.3 Å². The molecule has 3 heteroatoms. The summed E-state index contributed by atoms with van der Waals surface area (Å²) in [6, 6.07) is 9.60. The van der Waals surface area contributed by atoms with Crippen molar-refractivity contribution >= 4 is 0 Å². The standard InChI is InChI=1S/C14H14O3/c15-10-14-13(16)9-8-12(17-14)7-6-11-4-2-1-3-5-11/h1-5,8-9,12-16H,10H2/t12-,13+,14-/m1/s1. The van der Waals surface area contributed by atoms with Crippen molar-refractivity contribution in [3.8, 4) is 11.8 Å². The Hall–Kier alpha value is -1.60. The number of aliphatic hydroxyl groups excluding tert-OH is 2. The summed E-state index contributed by atoms with van der Waals surface area (Å²) in [4.78, 5) is 0. The first-order valence-electron chi connectivity index (χ1n) is 5.49. The molecule has 0 spiro atoms. The highest BCUT2D eigenvalue weighted by atomic mass is 16.5. The zero-order valence-electron chi connectivity index (χ0n) is 9.28. The molecule has 0 radical (unpaired) electrons. The summed E-state index contributed by atoms with van der Waals surface area (Å²) < 4.78 is 5.41. The van der Waals surface area contributed by atoms with Crippen molar-refractivity contribution in [2.45, 2.75) is 18.3 Å². The quantitative estimate of drug-likeness (QED) is 0.552. The topological polar surface area (TPSA) is 49.7 Å². The highest BCUT2D eigenvalue weighted by molar-refractivity contribution is 5.35. The van der Waals surface area contributed by atoms with Crippen LogP contribution in [-0.4, -0.2) is 35.1 Å². The second-order valence-electron chi connectivity index (χ2n) is 3.79. The van der Waals surface area contributed by atoms with Gasteiger partial charge in [-0.1, -0.05) is 36.1 Å². The van der Waals surface area contributed by atoms with Gasteiger partial charge in [-0.3, -0.25) is 0 Å². The van der Waals surface area contributed by atoms with Gasteiger partial charge in [0, 0.05) is 5.56 Å². The average molecular weight is 230 g/mol. The molecule has 2 N–H and O–H groups in total. The number of benzene rings is 1. The lowest BCUT2D eigenvalue weighted by Crippen LogP contribution is -2.37. The van der Waals surface area contributed by atoms with Crippen molar-refractivity contribution in [1.29, 1.82) is 0 Å². The van der Waals surface area contributed by atoms with Crippen LogP contribution in [0, 0.1) is 11.8 Å². The third kappa shape index (κ3) is 3.18. The SMILES string of the molecule is OC[C@H]1O[C@H](C#Cc2ccccc2)C=C[C@@H]1O. The molecular weight excluding hydrogens is 216 g/mol. The van der Waals surface area contributed by atoms with Gasteiger partial charge in [-0.25, -0.2) is 0 Å². The monoisotopic (exact) mass is 230 g/mol. The molecule has 88 valence electrons. The fourth-order valence-electron chi connectivity index (χ4n) is 1.56. The third-order valence-corrected chi connectivity index (χ3v) is 2.50. The van der Waals surface area contributed by atoms with Crippen molar-refractivity contribution in [3.63, 3.8) is 0 Å². The molecule has 17 heavy (non-hydrogen) atoms. The molecule has 1 aliphatic heterocycles. The maximum absolute atomic E-state index is 9.45. The summed E-state index contributed by atoms with van der Waals surface area (Å²) in [5, 5.41) is 18.4. The number of hydrogen-bond donors (Lipinski definition) is 2. The zero-order valence-corrected chi connectivity index (χ0v) is 9.28. The second-order valence-corrected chi connectivity index (χ2v) is 3.79. The zero-order chi connectivity index (χ0) is 12.1. The van der Waals surface area contributed by atoms with E-state index in [0.29, 0.717) is 0 Å². The highest BCUT2D eigenvalue weighted by Crippen LogP contribution is 2.12. The van der Waals surface area contributed by atoms with Crippen molar-refractivity contribution in [3.05, 3.63) is 48.0 Å². The van der Waals surface area contributed by atoms with E-state index in [9.17, 15) is 5.11 Å². The summed E-state index contributed by atoms with van der Waals surface area (Å²) in [6.07, 6.45) is 1.59. The lowest BCUT2D eigenvalue weighted by atomic mass is 10.1. The Balaban J connectivity index is 2.06. The molecule has 0 bridgehead atoms. The van der Waals surface area contributed by atoms with Crippen LogP contribution in [0.5, 0.6) is 0 Å². The molecule has 0 saturated carbocycles. The van der Waals surface area contributed by atoms with Gasteiger partial charge in [0.05, 0.1) is 6.61 Å². The molecule has 0 aromatic heterocycles. The third-order valence-electron chi connectivity index (χ3n) is 2.50. The minimum atomic E-state index is -0.755. The van der Waals surface area contributed by atoms with Crippen LogP contribution in [0.15, 0.2) is 42.5 Å². The van der Waals surface area contributed by atoms with Crippen LogP contribution in [0.1, 0.15) is 5.56 Å². The van der Waals surface area contributed by atoms with Gasteiger partial charge in [-0.2, -0.15) is 0 Å². The molecule has 3 atom stereocenters. The molecular formula is C14H14O3. The maximum Gasteiger partial charge on any atom is 0.137 e. The predicted octanol–water partition coefficient (Wildman–Crippen LogP) is 0.715. The Labute approximate surface area is 100 Å². The Morgan fingerprint density at radius 2 is 1.94 bits per heavy atom. The molecule has 1 heterocycles. The van der Waals surface area contributed by atoms with Crippen molar-refractivity contribution in [1.82, 2.24) is 0 Å². The average Bonchev–Trinajstić information content (AvgIpc) is 2.39. The largest absolute Gasteiger partial charge is 0.394 e. The Bertz CT molecular complexity index is 442. The van der Waals surface area contributed by atoms with Crippen LogP contribution >= 0.6 is 0 Å². The summed E-state index contributed by atoms with van der Waals surface area (Å²) in [7, 11) is 0. The lowest BCUT2D eigenvalue weighted by Gasteiger charge is -2.25. The van der Waals surface area contributed by atoms with Gasteiger partial charge in [0.25, 0.3) is 0 Å². The maximum atomic E-state index is 9.45. The first-order valence-corrected chi connectivity index (χ1v) is 5.49. The molecule has 0 fully saturated rings. The minimum Gasteiger partial charge on any atom is -0.394 e. The Morgan fingerprint density at radius 1 is 1.18 bits per heavy atom. The predicted molar refractivity (Wildman–Crippen MR) is 64.2 cm³/mol. The van der Waals surface area contributed by atoms with Crippen molar-refractivity contribution < 1.29 is 14.9 Å². The molecule has 1 aromatic rings. The van der Waals surface area contributed by atoms with Gasteiger partial charge in [0.2, 0.25) is 0 Å². The molecule has 0 aliphatic carbocycles. The van der Waals surface area contributed by atoms with Crippen LogP contribution < -0.4 is 0 Å². The number of rotatable bonds is 1. The first kappa shape index (κ1) is 11.9. The molecule has 0 unspecified atom stereocenters. The number of hydrogen-bond acceptors (Lipinski definition) is 3. The van der Waals surface area contributed by atoms with Gasteiger partial charge in [-0.05, 0) is 18.2 Å². The van der Waals surface area contributed by atoms with E-state index in [4.69, 9.17) is 9.84 Å². The smallest absolute Gasteiger partial charge is 0.137 e. The van der Waals surface area contributed by atoms with Gasteiger partial charge in [0.1, 0.15) is 18.3 Å². The van der Waals surface area contributed by atoms with Gasteiger partial charge >= 0.3 is 0 Å². The normalized spacial score (nSPS) is 27.3. The highest BCUT2D eigenvalue weighted by Gasteiger charge is 2.23. The van der Waals surface area contributed by atoms with E-state index in [-0.39, 0.29) is 12.7 Å². The van der Waals surface area contributed by atoms with E-state index in [1.165, 1.54) is 0 Å². The summed E-state index contributed by atoms with van der Waals surface area (Å²) in [5.74, 6) is 5.93. The molecule has 2 rings (SSSR count). The van der Waals surface area contributed by atoms with Crippen LogP contribution in [0.25, 0.3) is 0 Å². The number of ether oxygens (including phenoxy) is 1. The van der Waals surface area contributed by atoms with Gasteiger partial charge < -0.3 is 14.9 Å². The van der Waals surface area contributed by atoms with E-state index < -0.39 is 12.2 Å². The van der Waals surface area contributed by atoms with E-state index in [0.717, 1.165) is 5.56 Å². The molecule has 3 nitrogen and oxygen atoms in total. The molecule has 1 aliphatic rings. The molecule has 1 aromatic carbocycles. The Kier molecular flexibility index (Phi) is 3.94. The van der Waals surface area contributed by atoms with E-state index >= 15 is 0 Å².